The number of aliphatic hydroxyl groups is 1. The molecular formula is C14H18N2O2. The summed E-state index contributed by atoms with van der Waals surface area (Å²) >= 11 is 0. The van der Waals surface area contributed by atoms with Crippen molar-refractivity contribution in [3.8, 4) is 0 Å². The van der Waals surface area contributed by atoms with Gasteiger partial charge in [-0.05, 0) is 26.0 Å². The fourth-order valence-corrected chi connectivity index (χ4v) is 1.67. The summed E-state index contributed by atoms with van der Waals surface area (Å²) in [5.41, 5.74) is 0.572. The van der Waals surface area contributed by atoms with Crippen LogP contribution in [0.3, 0.4) is 0 Å². The monoisotopic (exact) mass is 246 g/mol. The first-order valence-electron chi connectivity index (χ1n) is 6.11. The molecule has 2 rings (SSSR count). The van der Waals surface area contributed by atoms with Gasteiger partial charge in [0.1, 0.15) is 11.4 Å². The first-order valence-corrected chi connectivity index (χ1v) is 6.11. The second-order valence-electron chi connectivity index (χ2n) is 4.82. The average Bonchev–Trinajstić information content (AvgIpc) is 2.76. The Labute approximate surface area is 107 Å². The standard InChI is InChI=1S/C14H18N2O2/c1-4-11-9-15-13(18-11)8-10-6-5-7-12(16-10)14(2,3)17/h5-7,9,17H,4,8H2,1-3H3. The summed E-state index contributed by atoms with van der Waals surface area (Å²) in [6, 6.07) is 5.61. The predicted octanol–water partition coefficient (Wildman–Crippen LogP) is 2.45. The first-order chi connectivity index (χ1) is 8.49. The Bertz CT molecular complexity index is 527. The molecule has 4 nitrogen and oxygen atoms in total. The highest BCUT2D eigenvalue weighted by Crippen LogP contribution is 2.18. The maximum atomic E-state index is 9.92. The molecule has 0 aliphatic carbocycles. The van der Waals surface area contributed by atoms with Crippen LogP contribution in [0.1, 0.15) is 43.8 Å². The van der Waals surface area contributed by atoms with Gasteiger partial charge >= 0.3 is 0 Å². The third kappa shape index (κ3) is 2.96. The molecule has 2 heterocycles. The van der Waals surface area contributed by atoms with E-state index in [1.165, 1.54) is 0 Å². The molecule has 0 atom stereocenters. The fraction of sp³-hybridized carbons (Fsp3) is 0.429. The van der Waals surface area contributed by atoms with Crippen LogP contribution in [0.5, 0.6) is 0 Å². The number of hydrogen-bond donors (Lipinski definition) is 1. The van der Waals surface area contributed by atoms with Crippen molar-refractivity contribution < 1.29 is 9.52 Å². The van der Waals surface area contributed by atoms with Gasteiger partial charge < -0.3 is 9.52 Å². The van der Waals surface area contributed by atoms with Crippen LogP contribution in [-0.4, -0.2) is 15.1 Å². The van der Waals surface area contributed by atoms with E-state index in [-0.39, 0.29) is 0 Å². The zero-order valence-corrected chi connectivity index (χ0v) is 11.0. The van der Waals surface area contributed by atoms with E-state index in [2.05, 4.69) is 9.97 Å². The topological polar surface area (TPSA) is 59.2 Å². The van der Waals surface area contributed by atoms with Crippen molar-refractivity contribution in [1.29, 1.82) is 0 Å². The zero-order chi connectivity index (χ0) is 13.2. The Morgan fingerprint density at radius 2 is 2.11 bits per heavy atom. The normalized spacial score (nSPS) is 11.8. The molecule has 0 saturated carbocycles. The van der Waals surface area contributed by atoms with E-state index in [4.69, 9.17) is 4.42 Å². The molecule has 2 aromatic heterocycles. The fourth-order valence-electron chi connectivity index (χ4n) is 1.67. The van der Waals surface area contributed by atoms with Gasteiger partial charge in [0, 0.05) is 6.42 Å². The molecule has 0 radical (unpaired) electrons. The van der Waals surface area contributed by atoms with E-state index >= 15 is 0 Å². The molecule has 96 valence electrons. The van der Waals surface area contributed by atoms with E-state index in [1.54, 1.807) is 20.0 Å². The van der Waals surface area contributed by atoms with E-state index in [9.17, 15) is 5.11 Å². The SMILES string of the molecule is CCc1cnc(Cc2cccc(C(C)(C)O)n2)o1. The molecule has 0 aliphatic rings. The molecule has 0 spiro atoms. The molecular weight excluding hydrogens is 228 g/mol. The van der Waals surface area contributed by atoms with Crippen LogP contribution in [0, 0.1) is 0 Å². The minimum absolute atomic E-state index is 0.546. The largest absolute Gasteiger partial charge is 0.445 e. The van der Waals surface area contributed by atoms with Gasteiger partial charge in [0.05, 0.1) is 24.0 Å². The Kier molecular flexibility index (Phi) is 3.48. The maximum Gasteiger partial charge on any atom is 0.200 e. The smallest absolute Gasteiger partial charge is 0.200 e. The molecule has 0 amide bonds. The van der Waals surface area contributed by atoms with Crippen LogP contribution in [-0.2, 0) is 18.4 Å². The third-order valence-electron chi connectivity index (χ3n) is 2.72. The van der Waals surface area contributed by atoms with Gasteiger partial charge in [0.25, 0.3) is 0 Å². The summed E-state index contributed by atoms with van der Waals surface area (Å²) < 4.78 is 5.55. The van der Waals surface area contributed by atoms with E-state index in [1.807, 2.05) is 25.1 Å². The highest BCUT2D eigenvalue weighted by molar-refractivity contribution is 5.18. The third-order valence-corrected chi connectivity index (χ3v) is 2.72. The molecule has 18 heavy (non-hydrogen) atoms. The molecule has 1 N–H and O–H groups in total. The van der Waals surface area contributed by atoms with Crippen LogP contribution in [0.2, 0.25) is 0 Å². The van der Waals surface area contributed by atoms with Gasteiger partial charge in [-0.15, -0.1) is 0 Å². The summed E-state index contributed by atoms with van der Waals surface area (Å²) in [5.74, 6) is 1.54. The van der Waals surface area contributed by atoms with Crippen LogP contribution in [0.15, 0.2) is 28.8 Å². The lowest BCUT2D eigenvalue weighted by Gasteiger charge is -2.16. The van der Waals surface area contributed by atoms with E-state index in [0.29, 0.717) is 18.0 Å². The lowest BCUT2D eigenvalue weighted by Crippen LogP contribution is -2.18. The van der Waals surface area contributed by atoms with Gasteiger partial charge in [0.15, 0.2) is 5.89 Å². The van der Waals surface area contributed by atoms with Gasteiger partial charge in [0.2, 0.25) is 0 Å². The van der Waals surface area contributed by atoms with Gasteiger partial charge in [-0.3, -0.25) is 4.98 Å². The van der Waals surface area contributed by atoms with Crippen LogP contribution >= 0.6 is 0 Å². The summed E-state index contributed by atoms with van der Waals surface area (Å²) in [6.45, 7) is 5.47. The Morgan fingerprint density at radius 3 is 2.72 bits per heavy atom. The Balaban J connectivity index is 2.19. The summed E-state index contributed by atoms with van der Waals surface area (Å²) in [5, 5.41) is 9.92. The molecule has 0 bridgehead atoms. The maximum absolute atomic E-state index is 9.92. The summed E-state index contributed by atoms with van der Waals surface area (Å²) in [7, 11) is 0. The molecule has 0 aromatic carbocycles. The number of nitrogens with zero attached hydrogens (tertiary/aromatic N) is 2. The van der Waals surface area contributed by atoms with Crippen molar-refractivity contribution >= 4 is 0 Å². The highest BCUT2D eigenvalue weighted by atomic mass is 16.4. The van der Waals surface area contributed by atoms with Crippen molar-refractivity contribution in [2.24, 2.45) is 0 Å². The minimum Gasteiger partial charge on any atom is -0.445 e. The number of rotatable bonds is 4. The van der Waals surface area contributed by atoms with Crippen molar-refractivity contribution in [3.63, 3.8) is 0 Å². The average molecular weight is 246 g/mol. The van der Waals surface area contributed by atoms with Gasteiger partial charge in [-0.1, -0.05) is 13.0 Å². The van der Waals surface area contributed by atoms with Crippen molar-refractivity contribution in [2.45, 2.75) is 39.2 Å². The highest BCUT2D eigenvalue weighted by Gasteiger charge is 2.18. The van der Waals surface area contributed by atoms with Crippen LogP contribution in [0.25, 0.3) is 0 Å². The quantitative estimate of drug-likeness (QED) is 0.900. The van der Waals surface area contributed by atoms with Crippen LogP contribution < -0.4 is 0 Å². The minimum atomic E-state index is -0.929. The number of hydrogen-bond acceptors (Lipinski definition) is 4. The van der Waals surface area contributed by atoms with Crippen molar-refractivity contribution in [3.05, 3.63) is 47.4 Å². The van der Waals surface area contributed by atoms with E-state index < -0.39 is 5.60 Å². The lowest BCUT2D eigenvalue weighted by atomic mass is 10.0. The molecule has 0 fully saturated rings. The first kappa shape index (κ1) is 12.8. The Morgan fingerprint density at radius 1 is 1.33 bits per heavy atom. The molecule has 0 aliphatic heterocycles. The number of aryl methyl sites for hydroxylation is 1. The predicted molar refractivity (Wildman–Crippen MR) is 68.2 cm³/mol. The second-order valence-corrected chi connectivity index (χ2v) is 4.82. The number of aromatic nitrogens is 2. The second kappa shape index (κ2) is 4.90. The lowest BCUT2D eigenvalue weighted by molar-refractivity contribution is 0.0736. The number of oxazole rings is 1. The molecule has 4 heteroatoms. The van der Waals surface area contributed by atoms with Crippen molar-refractivity contribution in [2.75, 3.05) is 0 Å². The summed E-state index contributed by atoms with van der Waals surface area (Å²) in [6.07, 6.45) is 3.13. The van der Waals surface area contributed by atoms with Gasteiger partial charge in [-0.25, -0.2) is 4.98 Å². The van der Waals surface area contributed by atoms with Crippen molar-refractivity contribution in [1.82, 2.24) is 9.97 Å². The number of pyridine rings is 1. The molecule has 0 saturated heterocycles. The molecule has 2 aromatic rings. The zero-order valence-electron chi connectivity index (χ0n) is 11.0. The summed E-state index contributed by atoms with van der Waals surface area (Å²) in [4.78, 5) is 8.63. The molecule has 0 unspecified atom stereocenters. The van der Waals surface area contributed by atoms with Crippen LogP contribution in [0.4, 0.5) is 0 Å². The Hall–Kier alpha value is -1.68. The van der Waals surface area contributed by atoms with E-state index in [0.717, 1.165) is 17.9 Å². The van der Waals surface area contributed by atoms with Gasteiger partial charge in [-0.2, -0.15) is 0 Å².